The molecule has 4 heteroatoms. The molecule has 3 nitrogen and oxygen atoms in total. The number of hydrogen-bond acceptors (Lipinski definition) is 2. The molecular formula is C10H8ClN3. The number of nitrogens with zero attached hydrogens (tertiary/aromatic N) is 2. The van der Waals surface area contributed by atoms with Crippen LogP contribution in [-0.4, -0.2) is 9.55 Å². The van der Waals surface area contributed by atoms with E-state index in [1.807, 2.05) is 24.4 Å². The number of aromatic nitrogens is 2. The lowest BCUT2D eigenvalue weighted by atomic mass is 10.1. The number of hydrogen-bond donors (Lipinski definition) is 1. The van der Waals surface area contributed by atoms with Crippen LogP contribution >= 0.6 is 11.6 Å². The van der Waals surface area contributed by atoms with Gasteiger partial charge in [-0.25, -0.2) is 4.98 Å². The maximum Gasteiger partial charge on any atom is 0.207 e. The summed E-state index contributed by atoms with van der Waals surface area (Å²) in [4.78, 5) is 4.19. The Kier molecular flexibility index (Phi) is 1.55. The van der Waals surface area contributed by atoms with Gasteiger partial charge in [-0.15, -0.1) is 0 Å². The summed E-state index contributed by atoms with van der Waals surface area (Å²) in [7, 11) is 0. The van der Waals surface area contributed by atoms with Crippen molar-refractivity contribution >= 4 is 23.2 Å². The SMILES string of the molecule is Clc1ccc2c(c1)Nc1nccn1C2. The monoisotopic (exact) mass is 205 g/mol. The van der Waals surface area contributed by atoms with E-state index in [1.54, 1.807) is 6.20 Å². The van der Waals surface area contributed by atoms with Crippen molar-refractivity contribution in [3.8, 4) is 0 Å². The van der Waals surface area contributed by atoms with Gasteiger partial charge in [0.2, 0.25) is 5.95 Å². The molecule has 0 radical (unpaired) electrons. The number of halogens is 1. The second-order valence-electron chi connectivity index (χ2n) is 3.31. The Labute approximate surface area is 86.3 Å². The number of nitrogens with one attached hydrogen (secondary N) is 1. The third-order valence-electron chi connectivity index (χ3n) is 2.37. The van der Waals surface area contributed by atoms with Gasteiger partial charge in [0.1, 0.15) is 0 Å². The van der Waals surface area contributed by atoms with Crippen LogP contribution in [0.25, 0.3) is 0 Å². The van der Waals surface area contributed by atoms with Crippen molar-refractivity contribution in [2.45, 2.75) is 6.54 Å². The number of anilines is 2. The maximum atomic E-state index is 5.91. The topological polar surface area (TPSA) is 29.9 Å². The van der Waals surface area contributed by atoms with Crippen LogP contribution in [0.3, 0.4) is 0 Å². The molecule has 0 amide bonds. The van der Waals surface area contributed by atoms with Gasteiger partial charge < -0.3 is 9.88 Å². The molecule has 2 heterocycles. The number of benzene rings is 1. The van der Waals surface area contributed by atoms with Crippen molar-refractivity contribution in [1.82, 2.24) is 9.55 Å². The molecule has 1 aliphatic rings. The van der Waals surface area contributed by atoms with E-state index < -0.39 is 0 Å². The van der Waals surface area contributed by atoms with Crippen molar-refractivity contribution in [2.75, 3.05) is 5.32 Å². The third-order valence-corrected chi connectivity index (χ3v) is 2.61. The van der Waals surface area contributed by atoms with Gasteiger partial charge in [0.25, 0.3) is 0 Å². The summed E-state index contributed by atoms with van der Waals surface area (Å²) >= 11 is 5.91. The molecule has 1 aliphatic heterocycles. The van der Waals surface area contributed by atoms with Gasteiger partial charge in [-0.05, 0) is 17.7 Å². The summed E-state index contributed by atoms with van der Waals surface area (Å²) in [5, 5.41) is 3.98. The fraction of sp³-hybridized carbons (Fsp3) is 0.100. The first-order chi connectivity index (χ1) is 6.83. The summed E-state index contributed by atoms with van der Waals surface area (Å²) in [5.41, 5.74) is 2.29. The minimum atomic E-state index is 0.747. The lowest BCUT2D eigenvalue weighted by Gasteiger charge is -2.19. The van der Waals surface area contributed by atoms with Gasteiger partial charge >= 0.3 is 0 Å². The summed E-state index contributed by atoms with van der Waals surface area (Å²) < 4.78 is 2.07. The highest BCUT2D eigenvalue weighted by atomic mass is 35.5. The highest BCUT2D eigenvalue weighted by Gasteiger charge is 2.14. The Morgan fingerprint density at radius 1 is 1.43 bits per heavy atom. The van der Waals surface area contributed by atoms with Crippen LogP contribution in [0, 0.1) is 0 Å². The van der Waals surface area contributed by atoms with Crippen molar-refractivity contribution in [3.63, 3.8) is 0 Å². The normalized spacial score (nSPS) is 12.9. The second kappa shape index (κ2) is 2.75. The Hall–Kier alpha value is -1.48. The Morgan fingerprint density at radius 3 is 3.29 bits per heavy atom. The molecule has 3 rings (SSSR count). The van der Waals surface area contributed by atoms with E-state index in [2.05, 4.69) is 14.9 Å². The average molecular weight is 206 g/mol. The molecule has 70 valence electrons. The molecule has 0 saturated heterocycles. The molecule has 0 spiro atoms. The lowest BCUT2D eigenvalue weighted by molar-refractivity contribution is 0.791. The van der Waals surface area contributed by atoms with Crippen LogP contribution in [0.15, 0.2) is 30.6 Å². The quantitative estimate of drug-likeness (QED) is 0.612. The zero-order valence-electron chi connectivity index (χ0n) is 7.37. The molecule has 0 fully saturated rings. The molecular weight excluding hydrogens is 198 g/mol. The summed E-state index contributed by atoms with van der Waals surface area (Å²) in [5.74, 6) is 0.875. The van der Waals surface area contributed by atoms with Crippen LogP contribution in [0.4, 0.5) is 11.6 Å². The fourth-order valence-electron chi connectivity index (χ4n) is 1.67. The van der Waals surface area contributed by atoms with Crippen LogP contribution in [0.5, 0.6) is 0 Å². The minimum absolute atomic E-state index is 0.747. The molecule has 0 saturated carbocycles. The van der Waals surface area contributed by atoms with Gasteiger partial charge in [-0.1, -0.05) is 17.7 Å². The second-order valence-corrected chi connectivity index (χ2v) is 3.74. The van der Waals surface area contributed by atoms with Crippen LogP contribution in [0.2, 0.25) is 5.02 Å². The zero-order valence-corrected chi connectivity index (χ0v) is 8.12. The molecule has 2 aromatic rings. The molecule has 0 bridgehead atoms. The minimum Gasteiger partial charge on any atom is -0.325 e. The van der Waals surface area contributed by atoms with E-state index in [1.165, 1.54) is 5.56 Å². The molecule has 1 aromatic carbocycles. The largest absolute Gasteiger partial charge is 0.325 e. The first-order valence-corrected chi connectivity index (χ1v) is 4.77. The van der Waals surface area contributed by atoms with E-state index in [9.17, 15) is 0 Å². The average Bonchev–Trinajstić information content (AvgIpc) is 2.61. The fourth-order valence-corrected chi connectivity index (χ4v) is 1.84. The van der Waals surface area contributed by atoms with Crippen LogP contribution in [0.1, 0.15) is 5.56 Å². The highest BCUT2D eigenvalue weighted by molar-refractivity contribution is 6.30. The van der Waals surface area contributed by atoms with E-state index in [4.69, 9.17) is 11.6 Å². The number of rotatable bonds is 0. The predicted molar refractivity (Wildman–Crippen MR) is 56.1 cm³/mol. The molecule has 0 aliphatic carbocycles. The maximum absolute atomic E-state index is 5.91. The third kappa shape index (κ3) is 1.09. The van der Waals surface area contributed by atoms with E-state index in [0.29, 0.717) is 0 Å². The summed E-state index contributed by atoms with van der Waals surface area (Å²) in [6, 6.07) is 5.87. The Balaban J connectivity index is 2.12. The highest BCUT2D eigenvalue weighted by Crippen LogP contribution is 2.29. The molecule has 1 aromatic heterocycles. The number of imidazole rings is 1. The molecule has 1 N–H and O–H groups in total. The van der Waals surface area contributed by atoms with E-state index >= 15 is 0 Å². The Bertz CT molecular complexity index is 490. The van der Waals surface area contributed by atoms with E-state index in [-0.39, 0.29) is 0 Å². The first kappa shape index (κ1) is 7.88. The van der Waals surface area contributed by atoms with Crippen LogP contribution in [-0.2, 0) is 6.54 Å². The van der Waals surface area contributed by atoms with Gasteiger partial charge in [0.05, 0.1) is 6.54 Å². The molecule has 14 heavy (non-hydrogen) atoms. The van der Waals surface area contributed by atoms with Crippen molar-refractivity contribution in [3.05, 3.63) is 41.2 Å². The Morgan fingerprint density at radius 2 is 2.36 bits per heavy atom. The number of fused-ring (bicyclic) bond motifs is 2. The standard InChI is InChI=1S/C10H8ClN3/c11-8-2-1-7-6-14-4-3-12-10(14)13-9(7)5-8/h1-5H,6H2,(H,12,13). The smallest absolute Gasteiger partial charge is 0.207 e. The first-order valence-electron chi connectivity index (χ1n) is 4.39. The summed E-state index contributed by atoms with van der Waals surface area (Å²) in [6.45, 7) is 0.856. The van der Waals surface area contributed by atoms with Gasteiger partial charge in [0.15, 0.2) is 0 Å². The molecule has 0 atom stereocenters. The summed E-state index contributed by atoms with van der Waals surface area (Å²) in [6.07, 6.45) is 3.75. The van der Waals surface area contributed by atoms with E-state index in [0.717, 1.165) is 23.2 Å². The van der Waals surface area contributed by atoms with Gasteiger partial charge in [-0.2, -0.15) is 0 Å². The van der Waals surface area contributed by atoms with Crippen molar-refractivity contribution in [2.24, 2.45) is 0 Å². The van der Waals surface area contributed by atoms with Gasteiger partial charge in [0, 0.05) is 23.1 Å². The predicted octanol–water partition coefficient (Wildman–Crippen LogP) is 2.64. The lowest BCUT2D eigenvalue weighted by Crippen LogP contribution is -2.12. The van der Waals surface area contributed by atoms with Gasteiger partial charge in [-0.3, -0.25) is 0 Å². The zero-order chi connectivity index (χ0) is 9.54. The van der Waals surface area contributed by atoms with Crippen molar-refractivity contribution < 1.29 is 0 Å². The van der Waals surface area contributed by atoms with Crippen LogP contribution < -0.4 is 5.32 Å². The molecule has 0 unspecified atom stereocenters. The van der Waals surface area contributed by atoms with Crippen molar-refractivity contribution in [1.29, 1.82) is 0 Å².